The molecule has 0 amide bonds. The lowest BCUT2D eigenvalue weighted by atomic mass is 9.93. The molecule has 1 saturated heterocycles. The molecule has 1 N–H and O–H groups in total. The molecule has 0 aromatic heterocycles. The van der Waals surface area contributed by atoms with Gasteiger partial charge in [-0.3, -0.25) is 0 Å². The smallest absolute Gasteiger partial charge is 0.0224 e. The van der Waals surface area contributed by atoms with Crippen molar-refractivity contribution < 1.29 is 0 Å². The Morgan fingerprint density at radius 1 is 1.28 bits per heavy atom. The molecule has 1 aromatic rings. The first-order valence-corrected chi connectivity index (χ1v) is 8.11. The number of hydrogen-bond acceptors (Lipinski definition) is 2. The van der Waals surface area contributed by atoms with Crippen molar-refractivity contribution >= 4 is 11.8 Å². The van der Waals surface area contributed by atoms with E-state index >= 15 is 0 Å². The zero-order valence-corrected chi connectivity index (χ0v) is 12.6. The van der Waals surface area contributed by atoms with Gasteiger partial charge in [0, 0.05) is 11.3 Å². The summed E-state index contributed by atoms with van der Waals surface area (Å²) in [7, 11) is 2.12. The standard InChI is InChI=1S/C16H25NS/c1-12-7-6-8-13(2)14(12)11-15(17-3)16-9-4-5-10-18-16/h6-8,15-17H,4-5,9-11H2,1-3H3. The van der Waals surface area contributed by atoms with Crippen LogP contribution in [0.4, 0.5) is 0 Å². The van der Waals surface area contributed by atoms with Crippen LogP contribution in [0.15, 0.2) is 18.2 Å². The zero-order valence-electron chi connectivity index (χ0n) is 11.8. The van der Waals surface area contributed by atoms with Crippen LogP contribution in [-0.4, -0.2) is 24.1 Å². The third-order valence-electron chi connectivity index (χ3n) is 4.10. The minimum Gasteiger partial charge on any atom is -0.316 e. The highest BCUT2D eigenvalue weighted by Gasteiger charge is 2.23. The summed E-state index contributed by atoms with van der Waals surface area (Å²) >= 11 is 2.16. The van der Waals surface area contributed by atoms with Gasteiger partial charge in [0.05, 0.1) is 0 Å². The molecule has 2 unspecified atom stereocenters. The molecule has 18 heavy (non-hydrogen) atoms. The van der Waals surface area contributed by atoms with Crippen LogP contribution in [0.1, 0.15) is 36.0 Å². The Morgan fingerprint density at radius 2 is 2.00 bits per heavy atom. The van der Waals surface area contributed by atoms with E-state index in [0.717, 1.165) is 5.25 Å². The quantitative estimate of drug-likeness (QED) is 0.888. The molecule has 0 spiro atoms. The fourth-order valence-corrected chi connectivity index (χ4v) is 4.36. The minimum absolute atomic E-state index is 0.620. The van der Waals surface area contributed by atoms with E-state index in [2.05, 4.69) is 56.2 Å². The van der Waals surface area contributed by atoms with Crippen molar-refractivity contribution in [2.24, 2.45) is 0 Å². The summed E-state index contributed by atoms with van der Waals surface area (Å²) in [6.07, 6.45) is 5.36. The molecule has 1 aromatic carbocycles. The molecular formula is C16H25NS. The molecule has 1 nitrogen and oxygen atoms in total. The molecule has 0 bridgehead atoms. The minimum atomic E-state index is 0.620. The first-order chi connectivity index (χ1) is 8.72. The molecule has 0 saturated carbocycles. The van der Waals surface area contributed by atoms with Gasteiger partial charge in [0.2, 0.25) is 0 Å². The monoisotopic (exact) mass is 263 g/mol. The van der Waals surface area contributed by atoms with Crippen LogP contribution < -0.4 is 5.32 Å². The molecule has 2 rings (SSSR count). The van der Waals surface area contributed by atoms with Gasteiger partial charge in [-0.1, -0.05) is 24.6 Å². The second-order valence-corrected chi connectivity index (χ2v) is 6.72. The molecule has 100 valence electrons. The predicted molar refractivity (Wildman–Crippen MR) is 82.6 cm³/mol. The van der Waals surface area contributed by atoms with E-state index in [-0.39, 0.29) is 0 Å². The SMILES string of the molecule is CNC(Cc1c(C)cccc1C)C1CCCCS1. The highest BCUT2D eigenvalue weighted by molar-refractivity contribution is 8.00. The molecule has 1 aliphatic heterocycles. The third-order valence-corrected chi connectivity index (χ3v) is 5.62. The Morgan fingerprint density at radius 3 is 2.56 bits per heavy atom. The number of nitrogens with one attached hydrogen (secondary N) is 1. The summed E-state index contributed by atoms with van der Waals surface area (Å²) in [5.41, 5.74) is 4.43. The lowest BCUT2D eigenvalue weighted by molar-refractivity contribution is 0.493. The molecule has 1 aliphatic rings. The Bertz CT molecular complexity index is 362. The molecule has 0 radical (unpaired) electrons. The maximum absolute atomic E-state index is 3.55. The highest BCUT2D eigenvalue weighted by atomic mass is 32.2. The van der Waals surface area contributed by atoms with Crippen LogP contribution in [0.25, 0.3) is 0 Å². The summed E-state index contributed by atoms with van der Waals surface area (Å²) in [6.45, 7) is 4.48. The first kappa shape index (κ1) is 14.0. The highest BCUT2D eigenvalue weighted by Crippen LogP contribution is 2.29. The molecular weight excluding hydrogens is 238 g/mol. The van der Waals surface area contributed by atoms with E-state index in [1.54, 1.807) is 5.56 Å². The number of benzene rings is 1. The van der Waals surface area contributed by atoms with Gasteiger partial charge in [-0.2, -0.15) is 11.8 Å². The van der Waals surface area contributed by atoms with Crippen LogP contribution in [0.2, 0.25) is 0 Å². The van der Waals surface area contributed by atoms with Gasteiger partial charge in [0.25, 0.3) is 0 Å². The molecule has 1 heterocycles. The summed E-state index contributed by atoms with van der Waals surface area (Å²) in [6, 6.07) is 7.26. The van der Waals surface area contributed by atoms with Gasteiger partial charge in [-0.05, 0) is 62.6 Å². The number of rotatable bonds is 4. The summed E-state index contributed by atoms with van der Waals surface area (Å²) < 4.78 is 0. The topological polar surface area (TPSA) is 12.0 Å². The van der Waals surface area contributed by atoms with Crippen molar-refractivity contribution in [1.82, 2.24) is 5.32 Å². The molecule has 2 atom stereocenters. The van der Waals surface area contributed by atoms with Crippen LogP contribution in [0.5, 0.6) is 0 Å². The Hall–Kier alpha value is -0.470. The fourth-order valence-electron chi connectivity index (χ4n) is 2.89. The number of likely N-dealkylation sites (N-methyl/N-ethyl adjacent to an activating group) is 1. The van der Waals surface area contributed by atoms with E-state index in [1.165, 1.54) is 42.6 Å². The fraction of sp³-hybridized carbons (Fsp3) is 0.625. The third kappa shape index (κ3) is 3.30. The summed E-state index contributed by atoms with van der Waals surface area (Å²) in [5, 5.41) is 4.35. The van der Waals surface area contributed by atoms with Gasteiger partial charge in [-0.25, -0.2) is 0 Å². The Labute approximate surface area is 116 Å². The maximum atomic E-state index is 3.55. The maximum Gasteiger partial charge on any atom is 0.0224 e. The van der Waals surface area contributed by atoms with Gasteiger partial charge in [-0.15, -0.1) is 0 Å². The molecule has 2 heteroatoms. The van der Waals surface area contributed by atoms with Crippen LogP contribution >= 0.6 is 11.8 Å². The van der Waals surface area contributed by atoms with Gasteiger partial charge >= 0.3 is 0 Å². The number of aryl methyl sites for hydroxylation is 2. The van der Waals surface area contributed by atoms with Crippen molar-refractivity contribution in [2.75, 3.05) is 12.8 Å². The number of hydrogen-bond donors (Lipinski definition) is 1. The second-order valence-electron chi connectivity index (χ2n) is 5.37. The average Bonchev–Trinajstić information content (AvgIpc) is 2.40. The number of thioether (sulfide) groups is 1. The average molecular weight is 263 g/mol. The van der Waals surface area contributed by atoms with Gasteiger partial charge < -0.3 is 5.32 Å². The zero-order chi connectivity index (χ0) is 13.0. The lowest BCUT2D eigenvalue weighted by Crippen LogP contribution is -2.39. The van der Waals surface area contributed by atoms with Crippen LogP contribution in [-0.2, 0) is 6.42 Å². The lowest BCUT2D eigenvalue weighted by Gasteiger charge is -2.30. The normalized spacial score (nSPS) is 21.8. The van der Waals surface area contributed by atoms with Crippen molar-refractivity contribution in [2.45, 2.75) is 50.8 Å². The molecule has 1 fully saturated rings. The van der Waals surface area contributed by atoms with Crippen molar-refractivity contribution in [3.05, 3.63) is 34.9 Å². The Kier molecular flexibility index (Phi) is 5.13. The predicted octanol–water partition coefficient (Wildman–Crippen LogP) is 3.72. The summed E-state index contributed by atoms with van der Waals surface area (Å²) in [5.74, 6) is 1.34. The van der Waals surface area contributed by atoms with Crippen molar-refractivity contribution in [3.63, 3.8) is 0 Å². The van der Waals surface area contributed by atoms with Crippen molar-refractivity contribution in [1.29, 1.82) is 0 Å². The Balaban J connectivity index is 2.09. The van der Waals surface area contributed by atoms with Crippen LogP contribution in [0.3, 0.4) is 0 Å². The van der Waals surface area contributed by atoms with E-state index in [4.69, 9.17) is 0 Å². The van der Waals surface area contributed by atoms with E-state index in [1.807, 2.05) is 0 Å². The van der Waals surface area contributed by atoms with Crippen LogP contribution in [0, 0.1) is 13.8 Å². The summed E-state index contributed by atoms with van der Waals surface area (Å²) in [4.78, 5) is 0. The van der Waals surface area contributed by atoms with E-state index < -0.39 is 0 Å². The van der Waals surface area contributed by atoms with Gasteiger partial charge in [0.15, 0.2) is 0 Å². The molecule has 0 aliphatic carbocycles. The van der Waals surface area contributed by atoms with E-state index in [9.17, 15) is 0 Å². The second kappa shape index (κ2) is 6.63. The largest absolute Gasteiger partial charge is 0.316 e. The van der Waals surface area contributed by atoms with E-state index in [0.29, 0.717) is 6.04 Å². The van der Waals surface area contributed by atoms with Crippen molar-refractivity contribution in [3.8, 4) is 0 Å². The first-order valence-electron chi connectivity index (χ1n) is 7.06. The van der Waals surface area contributed by atoms with Gasteiger partial charge in [0.1, 0.15) is 0 Å².